The number of carboxylic acids is 1. The van der Waals surface area contributed by atoms with Crippen molar-refractivity contribution in [3.8, 4) is 5.75 Å². The number of carboxylic acid groups (broad SMARTS) is 1. The monoisotopic (exact) mass is 299 g/mol. The van der Waals surface area contributed by atoms with Gasteiger partial charge in [0.15, 0.2) is 0 Å². The van der Waals surface area contributed by atoms with E-state index < -0.39 is 16.0 Å². The lowest BCUT2D eigenvalue weighted by atomic mass is 10.2. The van der Waals surface area contributed by atoms with Crippen LogP contribution in [0.3, 0.4) is 0 Å². The van der Waals surface area contributed by atoms with Gasteiger partial charge in [-0.3, -0.25) is 0 Å². The number of sulfonamides is 1. The summed E-state index contributed by atoms with van der Waals surface area (Å²) in [6.45, 7) is 0.376. The number of benzene rings is 1. The molecule has 0 spiro atoms. The van der Waals surface area contributed by atoms with Gasteiger partial charge in [-0.25, -0.2) is 17.9 Å². The van der Waals surface area contributed by atoms with E-state index >= 15 is 0 Å². The van der Waals surface area contributed by atoms with Crippen molar-refractivity contribution >= 4 is 16.0 Å². The Morgan fingerprint density at radius 1 is 1.45 bits per heavy atom. The van der Waals surface area contributed by atoms with E-state index in [0.29, 0.717) is 12.5 Å². The van der Waals surface area contributed by atoms with Crippen molar-refractivity contribution in [2.24, 2.45) is 5.92 Å². The quantitative estimate of drug-likeness (QED) is 0.795. The first-order valence-electron chi connectivity index (χ1n) is 6.35. The summed E-state index contributed by atoms with van der Waals surface area (Å²) in [5.41, 5.74) is -0.169. The molecule has 0 heterocycles. The predicted molar refractivity (Wildman–Crippen MR) is 72.5 cm³/mol. The molecular formula is C13H17NO5S. The number of methoxy groups -OCH3 is 1. The van der Waals surface area contributed by atoms with Crippen LogP contribution in [0.5, 0.6) is 5.75 Å². The molecule has 6 nitrogen and oxygen atoms in total. The van der Waals surface area contributed by atoms with E-state index in [-0.39, 0.29) is 16.2 Å². The Balaban J connectivity index is 2.17. The lowest BCUT2D eigenvalue weighted by Gasteiger charge is -2.09. The smallest absolute Gasteiger partial charge is 0.339 e. The van der Waals surface area contributed by atoms with Crippen molar-refractivity contribution < 1.29 is 23.1 Å². The van der Waals surface area contributed by atoms with Gasteiger partial charge in [0.2, 0.25) is 10.0 Å². The van der Waals surface area contributed by atoms with Crippen LogP contribution in [-0.2, 0) is 10.0 Å². The van der Waals surface area contributed by atoms with Crippen LogP contribution in [0.15, 0.2) is 23.1 Å². The molecule has 1 aromatic rings. The Hall–Kier alpha value is -1.60. The zero-order valence-electron chi connectivity index (χ0n) is 11.1. The third-order valence-electron chi connectivity index (χ3n) is 3.25. The van der Waals surface area contributed by atoms with E-state index in [4.69, 9.17) is 9.84 Å². The number of nitrogens with one attached hydrogen (secondary N) is 1. The van der Waals surface area contributed by atoms with Crippen LogP contribution in [0.25, 0.3) is 0 Å². The van der Waals surface area contributed by atoms with Gasteiger partial charge in [-0.1, -0.05) is 12.8 Å². The highest BCUT2D eigenvalue weighted by molar-refractivity contribution is 7.89. The van der Waals surface area contributed by atoms with Crippen molar-refractivity contribution in [3.63, 3.8) is 0 Å². The molecular weight excluding hydrogens is 282 g/mol. The van der Waals surface area contributed by atoms with Crippen LogP contribution in [-0.4, -0.2) is 33.1 Å². The molecule has 0 amide bonds. The Morgan fingerprint density at radius 2 is 2.15 bits per heavy atom. The molecule has 110 valence electrons. The van der Waals surface area contributed by atoms with Crippen molar-refractivity contribution in [1.29, 1.82) is 0 Å². The number of ether oxygens (including phenoxy) is 1. The normalized spacial score (nSPS) is 15.1. The summed E-state index contributed by atoms with van der Waals surface area (Å²) in [5.74, 6) is -0.463. The minimum absolute atomic E-state index is 0.0634. The van der Waals surface area contributed by atoms with Crippen molar-refractivity contribution in [2.45, 2.75) is 24.2 Å². The zero-order chi connectivity index (χ0) is 14.8. The maximum absolute atomic E-state index is 12.1. The van der Waals surface area contributed by atoms with E-state index in [0.717, 1.165) is 25.3 Å². The fourth-order valence-electron chi connectivity index (χ4n) is 1.91. The first-order chi connectivity index (χ1) is 9.44. The second kappa shape index (κ2) is 5.80. The van der Waals surface area contributed by atoms with Crippen LogP contribution in [0.2, 0.25) is 0 Å². The Morgan fingerprint density at radius 3 is 2.70 bits per heavy atom. The molecule has 0 bridgehead atoms. The number of aromatic carboxylic acids is 1. The molecule has 0 saturated heterocycles. The molecule has 1 aromatic carbocycles. The number of carbonyl (C=O) groups is 1. The maximum atomic E-state index is 12.1. The summed E-state index contributed by atoms with van der Waals surface area (Å²) in [6, 6.07) is 3.80. The summed E-state index contributed by atoms with van der Waals surface area (Å²) in [6.07, 6.45) is 3.14. The minimum Gasteiger partial charge on any atom is -0.496 e. The molecule has 2 N–H and O–H groups in total. The molecule has 0 atom stereocenters. The molecule has 20 heavy (non-hydrogen) atoms. The van der Waals surface area contributed by atoms with Gasteiger partial charge in [-0.15, -0.1) is 0 Å². The molecule has 0 aromatic heterocycles. The largest absolute Gasteiger partial charge is 0.496 e. The molecule has 1 aliphatic carbocycles. The van der Waals surface area contributed by atoms with Gasteiger partial charge >= 0.3 is 5.97 Å². The first kappa shape index (κ1) is 14.8. The van der Waals surface area contributed by atoms with Gasteiger partial charge in [-0.05, 0) is 30.5 Å². The van der Waals surface area contributed by atoms with Crippen LogP contribution in [0.1, 0.15) is 29.6 Å². The highest BCUT2D eigenvalue weighted by atomic mass is 32.2. The second-order valence-electron chi connectivity index (χ2n) is 4.80. The van der Waals surface area contributed by atoms with Crippen LogP contribution in [0.4, 0.5) is 0 Å². The van der Waals surface area contributed by atoms with Gasteiger partial charge in [0.05, 0.1) is 12.0 Å². The van der Waals surface area contributed by atoms with E-state index in [1.165, 1.54) is 19.2 Å². The molecule has 2 rings (SSSR count). The second-order valence-corrected chi connectivity index (χ2v) is 6.56. The standard InChI is InChI=1S/C13H17NO5S/c1-19-12-5-4-10(8-11(12)13(15)16)20(17,18)14-7-6-9-2-3-9/h4-5,8-9,14H,2-3,6-7H2,1H3,(H,15,16). The lowest BCUT2D eigenvalue weighted by Crippen LogP contribution is -2.25. The molecule has 0 aliphatic heterocycles. The molecule has 1 aliphatic rings. The predicted octanol–water partition coefficient (Wildman–Crippen LogP) is 1.47. The first-order valence-corrected chi connectivity index (χ1v) is 7.83. The highest BCUT2D eigenvalue weighted by Crippen LogP contribution is 2.32. The van der Waals surface area contributed by atoms with Gasteiger partial charge in [0, 0.05) is 6.54 Å². The lowest BCUT2D eigenvalue weighted by molar-refractivity contribution is 0.0693. The SMILES string of the molecule is COc1ccc(S(=O)(=O)NCCC2CC2)cc1C(=O)O. The fraction of sp³-hybridized carbons (Fsp3) is 0.462. The topological polar surface area (TPSA) is 92.7 Å². The van der Waals surface area contributed by atoms with Gasteiger partial charge in [0.1, 0.15) is 11.3 Å². The fourth-order valence-corrected chi connectivity index (χ4v) is 2.98. The third kappa shape index (κ3) is 3.49. The van der Waals surface area contributed by atoms with Crippen LogP contribution >= 0.6 is 0 Å². The third-order valence-corrected chi connectivity index (χ3v) is 4.71. The molecule has 1 saturated carbocycles. The van der Waals surface area contributed by atoms with E-state index in [1.807, 2.05) is 0 Å². The van der Waals surface area contributed by atoms with Gasteiger partial charge in [0.25, 0.3) is 0 Å². The summed E-state index contributed by atoms with van der Waals surface area (Å²) < 4.78 is 31.5. The van der Waals surface area contributed by atoms with Crippen molar-refractivity contribution in [1.82, 2.24) is 4.72 Å². The average molecular weight is 299 g/mol. The van der Waals surface area contributed by atoms with E-state index in [1.54, 1.807) is 0 Å². The molecule has 0 unspecified atom stereocenters. The Kier molecular flexibility index (Phi) is 4.29. The molecule has 0 radical (unpaired) electrons. The van der Waals surface area contributed by atoms with Gasteiger partial charge in [-0.2, -0.15) is 0 Å². The maximum Gasteiger partial charge on any atom is 0.339 e. The molecule has 1 fully saturated rings. The van der Waals surface area contributed by atoms with Crippen LogP contribution < -0.4 is 9.46 Å². The van der Waals surface area contributed by atoms with Crippen molar-refractivity contribution in [2.75, 3.05) is 13.7 Å². The number of rotatable bonds is 7. The highest BCUT2D eigenvalue weighted by Gasteiger charge is 2.23. The summed E-state index contributed by atoms with van der Waals surface area (Å²) >= 11 is 0. The van der Waals surface area contributed by atoms with E-state index in [2.05, 4.69) is 4.72 Å². The average Bonchev–Trinajstić information content (AvgIpc) is 3.21. The zero-order valence-corrected chi connectivity index (χ0v) is 11.9. The Labute approximate surface area is 117 Å². The number of hydrogen-bond donors (Lipinski definition) is 2. The Bertz CT molecular complexity index is 607. The number of hydrogen-bond acceptors (Lipinski definition) is 4. The van der Waals surface area contributed by atoms with Crippen molar-refractivity contribution in [3.05, 3.63) is 23.8 Å². The molecule has 7 heteroatoms. The van der Waals surface area contributed by atoms with E-state index in [9.17, 15) is 13.2 Å². The minimum atomic E-state index is -3.68. The van der Waals surface area contributed by atoms with Gasteiger partial charge < -0.3 is 9.84 Å². The summed E-state index contributed by atoms with van der Waals surface area (Å²) in [5, 5.41) is 9.05. The van der Waals surface area contributed by atoms with Crippen LogP contribution in [0, 0.1) is 5.92 Å². The summed E-state index contributed by atoms with van der Waals surface area (Å²) in [4.78, 5) is 11.0. The summed E-state index contributed by atoms with van der Waals surface area (Å²) in [7, 11) is -2.34.